The van der Waals surface area contributed by atoms with Crippen molar-refractivity contribution >= 4 is 29.3 Å². The summed E-state index contributed by atoms with van der Waals surface area (Å²) in [7, 11) is 1.73. The van der Waals surface area contributed by atoms with Crippen LogP contribution in [-0.4, -0.2) is 38.1 Å². The van der Waals surface area contributed by atoms with Gasteiger partial charge in [0.1, 0.15) is 17.2 Å². The van der Waals surface area contributed by atoms with Gasteiger partial charge in [0, 0.05) is 18.7 Å². The molecule has 1 amide bonds. The molecule has 1 heterocycles. The van der Waals surface area contributed by atoms with E-state index in [0.717, 1.165) is 11.1 Å². The van der Waals surface area contributed by atoms with E-state index in [-0.39, 0.29) is 23.4 Å². The number of carbonyl (C=O) groups is 1. The molecule has 0 aromatic heterocycles. The van der Waals surface area contributed by atoms with Crippen LogP contribution in [0.3, 0.4) is 0 Å². The van der Waals surface area contributed by atoms with Gasteiger partial charge in [-0.2, -0.15) is 0 Å². The van der Waals surface area contributed by atoms with Crippen molar-refractivity contribution < 1.29 is 15.0 Å². The number of hydrogen-bond donors (Lipinski definition) is 2. The SMILES string of the molecule is CN1C(=S)N(C(c2ccccc2)c2ccccc2)C(=O)/C1=C\c1ccc(O)cc1O. The molecule has 0 bridgehead atoms. The van der Waals surface area contributed by atoms with Crippen molar-refractivity contribution in [2.75, 3.05) is 7.05 Å². The summed E-state index contributed by atoms with van der Waals surface area (Å²) in [4.78, 5) is 16.7. The molecule has 6 heteroatoms. The molecule has 1 aliphatic heterocycles. The Kier molecular flexibility index (Phi) is 5.25. The Balaban J connectivity index is 1.80. The van der Waals surface area contributed by atoms with Crippen LogP contribution in [0, 0.1) is 0 Å². The summed E-state index contributed by atoms with van der Waals surface area (Å²) in [6.45, 7) is 0. The second kappa shape index (κ2) is 8.00. The molecular formula is C24H20N2O3S. The fraction of sp³-hybridized carbons (Fsp3) is 0.0833. The molecule has 5 nitrogen and oxygen atoms in total. The van der Waals surface area contributed by atoms with Gasteiger partial charge in [-0.3, -0.25) is 9.69 Å². The summed E-state index contributed by atoms with van der Waals surface area (Å²) in [6.07, 6.45) is 1.58. The minimum Gasteiger partial charge on any atom is -0.508 e. The molecule has 0 spiro atoms. The van der Waals surface area contributed by atoms with Crippen molar-refractivity contribution in [1.29, 1.82) is 0 Å². The maximum atomic E-state index is 13.5. The predicted octanol–water partition coefficient (Wildman–Crippen LogP) is 4.29. The van der Waals surface area contributed by atoms with Gasteiger partial charge < -0.3 is 15.1 Å². The van der Waals surface area contributed by atoms with Gasteiger partial charge in [0.2, 0.25) is 0 Å². The molecule has 0 saturated carbocycles. The largest absolute Gasteiger partial charge is 0.508 e. The first-order valence-electron chi connectivity index (χ1n) is 9.42. The van der Waals surface area contributed by atoms with E-state index < -0.39 is 0 Å². The van der Waals surface area contributed by atoms with Gasteiger partial charge in [0.25, 0.3) is 5.91 Å². The third kappa shape index (κ3) is 3.53. The quantitative estimate of drug-likeness (QED) is 0.491. The average molecular weight is 417 g/mol. The Morgan fingerprint density at radius 1 is 0.900 bits per heavy atom. The Bertz CT molecular complexity index is 1090. The highest BCUT2D eigenvalue weighted by Gasteiger charge is 2.41. The maximum absolute atomic E-state index is 13.5. The number of phenolic OH excluding ortho intramolecular Hbond substituents is 2. The van der Waals surface area contributed by atoms with E-state index in [4.69, 9.17) is 12.2 Å². The summed E-state index contributed by atoms with van der Waals surface area (Å²) in [5, 5.41) is 20.0. The zero-order chi connectivity index (χ0) is 21.3. The minimum absolute atomic E-state index is 0.0499. The van der Waals surface area contributed by atoms with Crippen molar-refractivity contribution in [1.82, 2.24) is 9.80 Å². The van der Waals surface area contributed by atoms with Crippen LogP contribution in [0.2, 0.25) is 0 Å². The smallest absolute Gasteiger partial charge is 0.277 e. The fourth-order valence-electron chi connectivity index (χ4n) is 3.57. The van der Waals surface area contributed by atoms with Crippen LogP contribution in [0.15, 0.2) is 84.6 Å². The number of aromatic hydroxyl groups is 2. The lowest BCUT2D eigenvalue weighted by Gasteiger charge is -2.28. The molecule has 4 rings (SSSR count). The third-order valence-corrected chi connectivity index (χ3v) is 5.56. The highest BCUT2D eigenvalue weighted by Crippen LogP contribution is 2.36. The number of carbonyl (C=O) groups excluding carboxylic acids is 1. The fourth-order valence-corrected chi connectivity index (χ4v) is 3.85. The number of nitrogens with zero attached hydrogens (tertiary/aromatic N) is 2. The van der Waals surface area contributed by atoms with Gasteiger partial charge in [-0.1, -0.05) is 60.7 Å². The lowest BCUT2D eigenvalue weighted by Crippen LogP contribution is -2.35. The Morgan fingerprint density at radius 2 is 1.47 bits per heavy atom. The average Bonchev–Trinajstić information content (AvgIpc) is 2.96. The number of amides is 1. The first kappa shape index (κ1) is 19.7. The molecular weight excluding hydrogens is 396 g/mol. The molecule has 0 aliphatic carbocycles. The van der Waals surface area contributed by atoms with E-state index in [9.17, 15) is 15.0 Å². The zero-order valence-electron chi connectivity index (χ0n) is 16.3. The lowest BCUT2D eigenvalue weighted by molar-refractivity contribution is -0.123. The topological polar surface area (TPSA) is 64.0 Å². The molecule has 0 atom stereocenters. The lowest BCUT2D eigenvalue weighted by atomic mass is 9.97. The molecule has 150 valence electrons. The first-order chi connectivity index (χ1) is 14.5. The van der Waals surface area contributed by atoms with Crippen molar-refractivity contribution in [3.05, 3.63) is 101 Å². The molecule has 1 fully saturated rings. The third-order valence-electron chi connectivity index (χ3n) is 5.09. The summed E-state index contributed by atoms with van der Waals surface area (Å²) >= 11 is 5.65. The van der Waals surface area contributed by atoms with Gasteiger partial charge >= 0.3 is 0 Å². The van der Waals surface area contributed by atoms with Crippen molar-refractivity contribution in [2.24, 2.45) is 0 Å². The number of thiocarbonyl (C=S) groups is 1. The molecule has 1 aliphatic rings. The van der Waals surface area contributed by atoms with E-state index in [1.165, 1.54) is 12.1 Å². The van der Waals surface area contributed by atoms with E-state index in [2.05, 4.69) is 0 Å². The van der Waals surface area contributed by atoms with Crippen LogP contribution >= 0.6 is 12.2 Å². The number of likely N-dealkylation sites (N-methyl/N-ethyl adjacent to an activating group) is 1. The van der Waals surface area contributed by atoms with E-state index in [1.807, 2.05) is 60.7 Å². The van der Waals surface area contributed by atoms with Crippen LogP contribution in [0.5, 0.6) is 11.5 Å². The van der Waals surface area contributed by atoms with E-state index in [0.29, 0.717) is 16.4 Å². The molecule has 1 saturated heterocycles. The first-order valence-corrected chi connectivity index (χ1v) is 9.83. The van der Waals surface area contributed by atoms with Crippen LogP contribution in [0.4, 0.5) is 0 Å². The summed E-state index contributed by atoms with van der Waals surface area (Å²) in [5.74, 6) is -0.422. The Hall–Kier alpha value is -3.64. The number of hydrogen-bond acceptors (Lipinski definition) is 4. The van der Waals surface area contributed by atoms with Crippen LogP contribution in [0.1, 0.15) is 22.7 Å². The normalized spacial score (nSPS) is 15.5. The molecule has 0 radical (unpaired) electrons. The summed E-state index contributed by atoms with van der Waals surface area (Å²) < 4.78 is 0. The van der Waals surface area contributed by atoms with E-state index in [1.54, 1.807) is 29.0 Å². The van der Waals surface area contributed by atoms with Crippen molar-refractivity contribution in [3.8, 4) is 11.5 Å². The van der Waals surface area contributed by atoms with Crippen LogP contribution < -0.4 is 0 Å². The highest BCUT2D eigenvalue weighted by atomic mass is 32.1. The molecule has 0 unspecified atom stereocenters. The molecule has 3 aromatic carbocycles. The Morgan fingerprint density at radius 3 is 2.00 bits per heavy atom. The number of rotatable bonds is 4. The second-order valence-corrected chi connectivity index (χ2v) is 7.38. The molecule has 2 N–H and O–H groups in total. The van der Waals surface area contributed by atoms with Crippen LogP contribution in [-0.2, 0) is 4.79 Å². The zero-order valence-corrected chi connectivity index (χ0v) is 17.1. The predicted molar refractivity (Wildman–Crippen MR) is 120 cm³/mol. The van der Waals surface area contributed by atoms with Crippen molar-refractivity contribution in [2.45, 2.75) is 6.04 Å². The van der Waals surface area contributed by atoms with Gasteiger partial charge in [-0.05, 0) is 41.6 Å². The maximum Gasteiger partial charge on any atom is 0.277 e. The van der Waals surface area contributed by atoms with Crippen molar-refractivity contribution in [3.63, 3.8) is 0 Å². The number of phenols is 2. The van der Waals surface area contributed by atoms with Gasteiger partial charge in [0.15, 0.2) is 5.11 Å². The summed E-state index contributed by atoms with van der Waals surface area (Å²) in [6, 6.07) is 23.4. The number of benzene rings is 3. The summed E-state index contributed by atoms with van der Waals surface area (Å²) in [5.41, 5.74) is 2.66. The van der Waals surface area contributed by atoms with Gasteiger partial charge in [0.05, 0.1) is 6.04 Å². The standard InChI is InChI=1S/C24H20N2O3S/c1-25-20(14-18-12-13-19(27)15-21(18)28)23(29)26(24(25)30)22(16-8-4-2-5-9-16)17-10-6-3-7-11-17/h2-15,22,27-28H,1H3/b20-14+. The van der Waals surface area contributed by atoms with Gasteiger partial charge in [-0.15, -0.1) is 0 Å². The molecule has 30 heavy (non-hydrogen) atoms. The molecule has 3 aromatic rings. The monoisotopic (exact) mass is 416 g/mol. The highest BCUT2D eigenvalue weighted by molar-refractivity contribution is 7.80. The minimum atomic E-state index is -0.380. The van der Waals surface area contributed by atoms with Gasteiger partial charge in [-0.25, -0.2) is 0 Å². The Labute approximate surface area is 180 Å². The van der Waals surface area contributed by atoms with E-state index >= 15 is 0 Å². The second-order valence-electron chi connectivity index (χ2n) is 7.01. The van der Waals surface area contributed by atoms with Crippen LogP contribution in [0.25, 0.3) is 6.08 Å².